The van der Waals surface area contributed by atoms with Crippen molar-refractivity contribution < 1.29 is 19.1 Å². The van der Waals surface area contributed by atoms with E-state index in [9.17, 15) is 9.59 Å². The highest BCUT2D eigenvalue weighted by Crippen LogP contribution is 2.04. The van der Waals surface area contributed by atoms with Gasteiger partial charge < -0.3 is 14.8 Å². The minimum absolute atomic E-state index is 0.0750. The molecule has 0 saturated heterocycles. The molecule has 0 aromatic carbocycles. The van der Waals surface area contributed by atoms with Crippen molar-refractivity contribution in [3.05, 3.63) is 12.2 Å². The summed E-state index contributed by atoms with van der Waals surface area (Å²) in [6.45, 7) is 2.50. The summed E-state index contributed by atoms with van der Waals surface area (Å²) < 4.78 is 10.6. The number of methoxy groups -OCH3 is 2. The molecule has 0 aliphatic rings. The van der Waals surface area contributed by atoms with Crippen LogP contribution in [0, 0.1) is 0 Å². The van der Waals surface area contributed by atoms with Crippen LogP contribution < -0.4 is 5.32 Å². The van der Waals surface area contributed by atoms with E-state index in [0.717, 1.165) is 0 Å². The third kappa shape index (κ3) is 3.52. The number of rotatable bonds is 6. The van der Waals surface area contributed by atoms with Gasteiger partial charge in [0, 0.05) is 13.7 Å². The van der Waals surface area contributed by atoms with Gasteiger partial charge >= 0.3 is 5.97 Å². The number of aromatic nitrogens is 3. The van der Waals surface area contributed by atoms with Crippen LogP contribution in [0.3, 0.4) is 0 Å². The lowest BCUT2D eigenvalue weighted by atomic mass is 10.3. The van der Waals surface area contributed by atoms with Gasteiger partial charge in [-0.1, -0.05) is 0 Å². The van der Waals surface area contributed by atoms with Crippen molar-refractivity contribution in [3.8, 4) is 0 Å². The molecular weight excluding hydrogens is 240 g/mol. The number of esters is 1. The first-order chi connectivity index (χ1) is 8.60. The van der Waals surface area contributed by atoms with Crippen molar-refractivity contribution in [1.82, 2.24) is 20.1 Å². The Kier molecular flexibility index (Phi) is 5.25. The second-order valence-electron chi connectivity index (χ2n) is 3.50. The van der Waals surface area contributed by atoms with Gasteiger partial charge in [-0.05, 0) is 6.92 Å². The monoisotopic (exact) mass is 256 g/mol. The third-order valence-corrected chi connectivity index (χ3v) is 2.26. The SMILES string of the molecule is COCCNC(=O)C(C)n1cnc(C(=O)OC)n1. The molecule has 1 unspecified atom stereocenters. The van der Waals surface area contributed by atoms with Gasteiger partial charge in [-0.2, -0.15) is 0 Å². The lowest BCUT2D eigenvalue weighted by molar-refractivity contribution is -0.124. The lowest BCUT2D eigenvalue weighted by Crippen LogP contribution is -2.33. The first kappa shape index (κ1) is 14.1. The first-order valence-electron chi connectivity index (χ1n) is 5.36. The second-order valence-corrected chi connectivity index (χ2v) is 3.50. The number of amides is 1. The van der Waals surface area contributed by atoms with Crippen LogP contribution in [-0.2, 0) is 14.3 Å². The Morgan fingerprint density at radius 2 is 2.22 bits per heavy atom. The van der Waals surface area contributed by atoms with E-state index >= 15 is 0 Å². The molecular formula is C10H16N4O4. The molecule has 1 rings (SSSR count). The Morgan fingerprint density at radius 3 is 2.83 bits per heavy atom. The summed E-state index contributed by atoms with van der Waals surface area (Å²) >= 11 is 0. The smallest absolute Gasteiger partial charge is 0.377 e. The Balaban J connectivity index is 2.60. The van der Waals surface area contributed by atoms with E-state index in [-0.39, 0.29) is 11.7 Å². The van der Waals surface area contributed by atoms with Gasteiger partial charge in [0.1, 0.15) is 12.4 Å². The maximum atomic E-state index is 11.7. The zero-order chi connectivity index (χ0) is 13.5. The molecule has 1 aromatic heterocycles. The highest BCUT2D eigenvalue weighted by atomic mass is 16.5. The van der Waals surface area contributed by atoms with Crippen LogP contribution in [0.25, 0.3) is 0 Å². The molecule has 0 bridgehead atoms. The van der Waals surface area contributed by atoms with Gasteiger partial charge in [0.2, 0.25) is 5.91 Å². The van der Waals surface area contributed by atoms with E-state index in [1.807, 2.05) is 0 Å². The van der Waals surface area contributed by atoms with Crippen molar-refractivity contribution in [2.45, 2.75) is 13.0 Å². The number of nitrogens with zero attached hydrogens (tertiary/aromatic N) is 3. The molecule has 0 aliphatic heterocycles. The van der Waals surface area contributed by atoms with Crippen LogP contribution in [-0.4, -0.2) is 54.0 Å². The Morgan fingerprint density at radius 1 is 1.50 bits per heavy atom. The second kappa shape index (κ2) is 6.70. The van der Waals surface area contributed by atoms with Crippen molar-refractivity contribution in [1.29, 1.82) is 0 Å². The van der Waals surface area contributed by atoms with E-state index in [4.69, 9.17) is 4.74 Å². The highest BCUT2D eigenvalue weighted by molar-refractivity contribution is 5.85. The van der Waals surface area contributed by atoms with E-state index in [0.29, 0.717) is 13.2 Å². The van der Waals surface area contributed by atoms with E-state index < -0.39 is 12.0 Å². The summed E-state index contributed by atoms with van der Waals surface area (Å²) in [5.74, 6) is -0.942. The molecule has 0 fully saturated rings. The fourth-order valence-corrected chi connectivity index (χ4v) is 1.19. The number of carbonyl (C=O) groups is 2. The number of nitrogens with one attached hydrogen (secondary N) is 1. The third-order valence-electron chi connectivity index (χ3n) is 2.26. The van der Waals surface area contributed by atoms with Crippen LogP contribution >= 0.6 is 0 Å². The van der Waals surface area contributed by atoms with Gasteiger partial charge in [-0.25, -0.2) is 14.5 Å². The summed E-state index contributed by atoms with van der Waals surface area (Å²) in [4.78, 5) is 26.6. The van der Waals surface area contributed by atoms with Crippen LogP contribution in [0.1, 0.15) is 23.6 Å². The van der Waals surface area contributed by atoms with Crippen LogP contribution in [0.5, 0.6) is 0 Å². The fraction of sp³-hybridized carbons (Fsp3) is 0.600. The maximum absolute atomic E-state index is 11.7. The topological polar surface area (TPSA) is 95.3 Å². The molecule has 8 nitrogen and oxygen atoms in total. The van der Waals surface area contributed by atoms with E-state index in [1.54, 1.807) is 14.0 Å². The van der Waals surface area contributed by atoms with Crippen molar-refractivity contribution in [2.75, 3.05) is 27.4 Å². The molecule has 8 heteroatoms. The first-order valence-corrected chi connectivity index (χ1v) is 5.36. The van der Waals surface area contributed by atoms with Crippen molar-refractivity contribution >= 4 is 11.9 Å². The standard InChI is InChI=1S/C10H16N4O4/c1-7(9(15)11-4-5-17-2)14-6-12-8(13-14)10(16)18-3/h6-7H,4-5H2,1-3H3,(H,11,15). The molecule has 1 aromatic rings. The number of carbonyl (C=O) groups excluding carboxylic acids is 2. The largest absolute Gasteiger partial charge is 0.463 e. The van der Waals surface area contributed by atoms with Crippen molar-refractivity contribution in [3.63, 3.8) is 0 Å². The summed E-state index contributed by atoms with van der Waals surface area (Å²) in [5, 5.41) is 6.53. The van der Waals surface area contributed by atoms with Crippen LogP contribution in [0.2, 0.25) is 0 Å². The summed E-state index contributed by atoms with van der Waals surface area (Å²) in [7, 11) is 2.79. The van der Waals surface area contributed by atoms with E-state index in [2.05, 4.69) is 20.1 Å². The van der Waals surface area contributed by atoms with Gasteiger partial charge in [-0.15, -0.1) is 5.10 Å². The molecule has 0 radical (unpaired) electrons. The van der Waals surface area contributed by atoms with E-state index in [1.165, 1.54) is 18.1 Å². The van der Waals surface area contributed by atoms with Crippen molar-refractivity contribution in [2.24, 2.45) is 0 Å². The molecule has 1 atom stereocenters. The number of hydrogen-bond acceptors (Lipinski definition) is 6. The highest BCUT2D eigenvalue weighted by Gasteiger charge is 2.18. The molecule has 1 amide bonds. The molecule has 1 N–H and O–H groups in total. The number of ether oxygens (including phenoxy) is 2. The van der Waals surface area contributed by atoms with Crippen LogP contribution in [0.15, 0.2) is 6.33 Å². The Bertz CT molecular complexity index is 418. The summed E-state index contributed by atoms with van der Waals surface area (Å²) in [6, 6.07) is -0.562. The Hall–Kier alpha value is -1.96. The molecule has 1 heterocycles. The molecule has 0 saturated carbocycles. The predicted octanol–water partition coefficient (Wildman–Crippen LogP) is -0.612. The molecule has 18 heavy (non-hydrogen) atoms. The normalized spacial score (nSPS) is 11.9. The minimum Gasteiger partial charge on any atom is -0.463 e. The zero-order valence-corrected chi connectivity index (χ0v) is 10.5. The quantitative estimate of drug-likeness (QED) is 0.539. The average molecular weight is 256 g/mol. The zero-order valence-electron chi connectivity index (χ0n) is 10.5. The fourth-order valence-electron chi connectivity index (χ4n) is 1.19. The van der Waals surface area contributed by atoms with Gasteiger partial charge in [0.15, 0.2) is 0 Å². The van der Waals surface area contributed by atoms with Gasteiger partial charge in [0.25, 0.3) is 5.82 Å². The summed E-state index contributed by atoms with van der Waals surface area (Å²) in [5.41, 5.74) is 0. The Labute approximate surface area is 104 Å². The summed E-state index contributed by atoms with van der Waals surface area (Å²) in [6.07, 6.45) is 1.31. The maximum Gasteiger partial charge on any atom is 0.377 e. The predicted molar refractivity (Wildman–Crippen MR) is 61.0 cm³/mol. The lowest BCUT2D eigenvalue weighted by Gasteiger charge is -2.11. The van der Waals surface area contributed by atoms with Gasteiger partial charge in [-0.3, -0.25) is 4.79 Å². The minimum atomic E-state index is -0.638. The number of hydrogen-bond donors (Lipinski definition) is 1. The average Bonchev–Trinajstić information content (AvgIpc) is 2.86. The van der Waals surface area contributed by atoms with Gasteiger partial charge in [0.05, 0.1) is 13.7 Å². The molecule has 100 valence electrons. The molecule has 0 spiro atoms. The van der Waals surface area contributed by atoms with Crippen LogP contribution in [0.4, 0.5) is 0 Å². The molecule has 0 aliphatic carbocycles.